The fraction of sp³-hybridized carbons (Fsp3) is 0.440. The van der Waals surface area contributed by atoms with Gasteiger partial charge in [0.15, 0.2) is 0 Å². The van der Waals surface area contributed by atoms with Gasteiger partial charge in [0.1, 0.15) is 11.8 Å². The third kappa shape index (κ3) is 6.61. The molecule has 2 amide bonds. The lowest BCUT2D eigenvalue weighted by atomic mass is 10.0. The Kier molecular flexibility index (Phi) is 8.90. The zero-order chi connectivity index (χ0) is 22.1. The highest BCUT2D eigenvalue weighted by Gasteiger charge is 2.26. The van der Waals surface area contributed by atoms with Gasteiger partial charge in [-0.25, -0.2) is 0 Å². The smallest absolute Gasteiger partial charge is 0.242 e. The van der Waals surface area contributed by atoms with E-state index in [2.05, 4.69) is 12.2 Å². The number of aryl methyl sites for hydroxylation is 2. The lowest BCUT2D eigenvalue weighted by molar-refractivity contribution is -0.140. The van der Waals surface area contributed by atoms with Crippen LogP contribution in [0.25, 0.3) is 0 Å². The van der Waals surface area contributed by atoms with Crippen molar-refractivity contribution >= 4 is 11.8 Å². The number of hydrogen-bond acceptors (Lipinski definition) is 3. The van der Waals surface area contributed by atoms with Gasteiger partial charge in [-0.15, -0.1) is 0 Å². The molecule has 30 heavy (non-hydrogen) atoms. The molecule has 2 aromatic carbocycles. The van der Waals surface area contributed by atoms with Gasteiger partial charge in [0.2, 0.25) is 11.8 Å². The lowest BCUT2D eigenvalue weighted by Gasteiger charge is -2.29. The highest BCUT2D eigenvalue weighted by molar-refractivity contribution is 5.88. The van der Waals surface area contributed by atoms with Crippen molar-refractivity contribution < 1.29 is 14.3 Å². The first-order chi connectivity index (χ1) is 14.3. The van der Waals surface area contributed by atoms with Crippen molar-refractivity contribution in [2.24, 2.45) is 0 Å². The van der Waals surface area contributed by atoms with Crippen molar-refractivity contribution in [3.8, 4) is 5.75 Å². The molecule has 5 heteroatoms. The SMILES string of the molecule is CCCCNC(=O)C(C)N(Cc1cccc(OC)c1)C(=O)Cc1cc(C)ccc1C. The molecule has 0 aromatic heterocycles. The quantitative estimate of drug-likeness (QED) is 0.598. The third-order valence-electron chi connectivity index (χ3n) is 5.33. The molecule has 0 aliphatic heterocycles. The molecule has 1 unspecified atom stereocenters. The van der Waals surface area contributed by atoms with Crippen molar-refractivity contribution in [3.05, 3.63) is 64.7 Å². The third-order valence-corrected chi connectivity index (χ3v) is 5.33. The number of amides is 2. The zero-order valence-electron chi connectivity index (χ0n) is 18.8. The van der Waals surface area contributed by atoms with Crippen LogP contribution in [-0.2, 0) is 22.6 Å². The molecule has 0 aliphatic rings. The molecular weight excluding hydrogens is 376 g/mol. The second-order valence-corrected chi connectivity index (χ2v) is 7.80. The van der Waals surface area contributed by atoms with Gasteiger partial charge < -0.3 is 15.0 Å². The summed E-state index contributed by atoms with van der Waals surface area (Å²) in [4.78, 5) is 27.7. The molecule has 2 aromatic rings. The van der Waals surface area contributed by atoms with Crippen molar-refractivity contribution in [2.75, 3.05) is 13.7 Å². The summed E-state index contributed by atoms with van der Waals surface area (Å²) in [7, 11) is 1.62. The normalized spacial score (nSPS) is 11.6. The molecule has 1 atom stereocenters. The van der Waals surface area contributed by atoms with Crippen LogP contribution in [0.1, 0.15) is 48.9 Å². The minimum atomic E-state index is -0.564. The van der Waals surface area contributed by atoms with E-state index in [9.17, 15) is 9.59 Å². The number of carbonyl (C=O) groups is 2. The molecule has 0 heterocycles. The first-order valence-corrected chi connectivity index (χ1v) is 10.6. The fourth-order valence-corrected chi connectivity index (χ4v) is 3.34. The topological polar surface area (TPSA) is 58.6 Å². The summed E-state index contributed by atoms with van der Waals surface area (Å²) < 4.78 is 5.31. The first kappa shape index (κ1) is 23.5. The molecule has 0 saturated heterocycles. The highest BCUT2D eigenvalue weighted by Crippen LogP contribution is 2.18. The monoisotopic (exact) mass is 410 g/mol. The van der Waals surface area contributed by atoms with Crippen LogP contribution < -0.4 is 10.1 Å². The van der Waals surface area contributed by atoms with Crippen molar-refractivity contribution in [3.63, 3.8) is 0 Å². The number of unbranched alkanes of at least 4 members (excludes halogenated alkanes) is 1. The average molecular weight is 411 g/mol. The predicted octanol–water partition coefficient (Wildman–Crippen LogP) is 4.19. The fourth-order valence-electron chi connectivity index (χ4n) is 3.34. The van der Waals surface area contributed by atoms with Crippen molar-refractivity contribution in [1.82, 2.24) is 10.2 Å². The molecular formula is C25H34N2O3. The van der Waals surface area contributed by atoms with Gasteiger partial charge in [0.05, 0.1) is 13.5 Å². The van der Waals surface area contributed by atoms with E-state index in [1.165, 1.54) is 0 Å². The number of nitrogens with zero attached hydrogens (tertiary/aromatic N) is 1. The van der Waals surface area contributed by atoms with Crippen LogP contribution in [0, 0.1) is 13.8 Å². The number of carbonyl (C=O) groups excluding carboxylic acids is 2. The Labute approximate surface area is 180 Å². The second kappa shape index (κ2) is 11.4. The predicted molar refractivity (Wildman–Crippen MR) is 121 cm³/mol. The van der Waals surface area contributed by atoms with E-state index in [4.69, 9.17) is 4.74 Å². The molecule has 0 bridgehead atoms. The van der Waals surface area contributed by atoms with E-state index >= 15 is 0 Å². The van der Waals surface area contributed by atoms with E-state index in [-0.39, 0.29) is 18.2 Å². The zero-order valence-corrected chi connectivity index (χ0v) is 18.8. The Hall–Kier alpha value is -2.82. The molecule has 0 saturated carbocycles. The van der Waals surface area contributed by atoms with Gasteiger partial charge in [0.25, 0.3) is 0 Å². The summed E-state index contributed by atoms with van der Waals surface area (Å²) in [5, 5.41) is 2.95. The molecule has 162 valence electrons. The molecule has 1 N–H and O–H groups in total. The Balaban J connectivity index is 2.25. The van der Waals surface area contributed by atoms with Crippen LogP contribution in [-0.4, -0.2) is 36.4 Å². The molecule has 0 fully saturated rings. The number of rotatable bonds is 10. The standard InChI is InChI=1S/C25H34N2O3/c1-6-7-13-26-25(29)20(4)27(17-21-9-8-10-23(15-21)30-5)24(28)16-22-14-18(2)11-12-19(22)3/h8-12,14-15,20H,6-7,13,16-17H2,1-5H3,(H,26,29). The summed E-state index contributed by atoms with van der Waals surface area (Å²) >= 11 is 0. The molecule has 5 nitrogen and oxygen atoms in total. The maximum Gasteiger partial charge on any atom is 0.242 e. The summed E-state index contributed by atoms with van der Waals surface area (Å²) in [6.45, 7) is 8.88. The van der Waals surface area contributed by atoms with Gasteiger partial charge >= 0.3 is 0 Å². The van der Waals surface area contributed by atoms with E-state index < -0.39 is 6.04 Å². The minimum absolute atomic E-state index is 0.0651. The maximum atomic E-state index is 13.3. The lowest BCUT2D eigenvalue weighted by Crippen LogP contribution is -2.48. The minimum Gasteiger partial charge on any atom is -0.497 e. The van der Waals surface area contributed by atoms with Gasteiger partial charge in [-0.05, 0) is 56.0 Å². The number of hydrogen-bond donors (Lipinski definition) is 1. The van der Waals surface area contributed by atoms with Crippen LogP contribution in [0.3, 0.4) is 0 Å². The van der Waals surface area contributed by atoms with E-state index in [0.717, 1.165) is 40.8 Å². The van der Waals surface area contributed by atoms with Crippen LogP contribution >= 0.6 is 0 Å². The van der Waals surface area contributed by atoms with Gasteiger partial charge in [0, 0.05) is 13.1 Å². The van der Waals surface area contributed by atoms with E-state index in [1.807, 2.05) is 56.3 Å². The summed E-state index contributed by atoms with van der Waals surface area (Å²) in [5.41, 5.74) is 4.12. The van der Waals surface area contributed by atoms with Crippen molar-refractivity contribution in [2.45, 2.75) is 59.5 Å². The number of nitrogens with one attached hydrogen (secondary N) is 1. The second-order valence-electron chi connectivity index (χ2n) is 7.80. The maximum absolute atomic E-state index is 13.3. The molecule has 0 spiro atoms. The molecule has 2 rings (SSSR count). The number of ether oxygens (including phenoxy) is 1. The Morgan fingerprint density at radius 2 is 1.90 bits per heavy atom. The largest absolute Gasteiger partial charge is 0.497 e. The van der Waals surface area contributed by atoms with Crippen LogP contribution in [0.5, 0.6) is 5.75 Å². The summed E-state index contributed by atoms with van der Waals surface area (Å²) in [5.74, 6) is 0.541. The number of benzene rings is 2. The van der Waals surface area contributed by atoms with Crippen LogP contribution in [0.15, 0.2) is 42.5 Å². The highest BCUT2D eigenvalue weighted by atomic mass is 16.5. The van der Waals surface area contributed by atoms with Gasteiger partial charge in [-0.3, -0.25) is 9.59 Å². The average Bonchev–Trinajstić information content (AvgIpc) is 2.74. The Morgan fingerprint density at radius 3 is 2.60 bits per heavy atom. The molecule has 0 radical (unpaired) electrons. The molecule has 0 aliphatic carbocycles. The van der Waals surface area contributed by atoms with E-state index in [1.54, 1.807) is 18.9 Å². The van der Waals surface area contributed by atoms with Gasteiger partial charge in [-0.1, -0.05) is 49.2 Å². The van der Waals surface area contributed by atoms with Gasteiger partial charge in [-0.2, -0.15) is 0 Å². The summed E-state index contributed by atoms with van der Waals surface area (Å²) in [6.07, 6.45) is 2.20. The number of methoxy groups -OCH3 is 1. The van der Waals surface area contributed by atoms with Crippen LogP contribution in [0.4, 0.5) is 0 Å². The van der Waals surface area contributed by atoms with E-state index in [0.29, 0.717) is 13.1 Å². The Bertz CT molecular complexity index is 863. The van der Waals surface area contributed by atoms with Crippen LogP contribution in [0.2, 0.25) is 0 Å². The Morgan fingerprint density at radius 1 is 1.13 bits per heavy atom. The van der Waals surface area contributed by atoms with Crippen molar-refractivity contribution in [1.29, 1.82) is 0 Å². The summed E-state index contributed by atoms with van der Waals surface area (Å²) in [6, 6.07) is 13.2. The first-order valence-electron chi connectivity index (χ1n) is 10.6.